The molecule has 1 amide bonds. The number of fused-ring (bicyclic) bond motifs is 1. The maximum atomic E-state index is 12.4. The number of nitrogens with one attached hydrogen (secondary N) is 2. The van der Waals surface area contributed by atoms with Gasteiger partial charge in [-0.15, -0.1) is 0 Å². The van der Waals surface area contributed by atoms with Crippen LogP contribution in [0.4, 0.5) is 5.69 Å². The van der Waals surface area contributed by atoms with Crippen molar-refractivity contribution in [1.82, 2.24) is 14.8 Å². The first-order valence-electron chi connectivity index (χ1n) is 9.54. The molecule has 5 heteroatoms. The number of nitrogens with zero attached hydrogens (tertiary/aromatic N) is 2. The second kappa shape index (κ2) is 8.50. The molecule has 1 aromatic heterocycles. The summed E-state index contributed by atoms with van der Waals surface area (Å²) in [6.07, 6.45) is 4.00. The van der Waals surface area contributed by atoms with Crippen LogP contribution in [0.25, 0.3) is 10.9 Å². The number of hydrogen-bond acceptors (Lipinski definition) is 3. The molecule has 0 spiro atoms. The Kier molecular flexibility index (Phi) is 6.10. The van der Waals surface area contributed by atoms with E-state index in [1.54, 1.807) is 0 Å². The van der Waals surface area contributed by atoms with E-state index in [1.807, 2.05) is 6.07 Å². The van der Waals surface area contributed by atoms with Crippen LogP contribution < -0.4 is 10.6 Å². The predicted molar refractivity (Wildman–Crippen MR) is 104 cm³/mol. The first kappa shape index (κ1) is 18.0. The van der Waals surface area contributed by atoms with Crippen molar-refractivity contribution in [2.45, 2.75) is 33.2 Å². The molecular formula is C20H30N4O. The van der Waals surface area contributed by atoms with E-state index in [0.717, 1.165) is 57.8 Å². The second-order valence-electron chi connectivity index (χ2n) is 6.82. The molecule has 2 aromatic rings. The van der Waals surface area contributed by atoms with Gasteiger partial charge in [0.05, 0.1) is 0 Å². The summed E-state index contributed by atoms with van der Waals surface area (Å²) in [4.78, 5) is 14.8. The lowest BCUT2D eigenvalue weighted by Gasteiger charge is -2.21. The van der Waals surface area contributed by atoms with Gasteiger partial charge in [-0.3, -0.25) is 4.79 Å². The zero-order valence-corrected chi connectivity index (χ0v) is 15.4. The fourth-order valence-corrected chi connectivity index (χ4v) is 3.59. The molecule has 3 rings (SSSR count). The predicted octanol–water partition coefficient (Wildman–Crippen LogP) is 2.92. The highest BCUT2D eigenvalue weighted by molar-refractivity contribution is 5.95. The number of aromatic nitrogens is 1. The minimum atomic E-state index is 0.135. The van der Waals surface area contributed by atoms with Gasteiger partial charge in [0.1, 0.15) is 0 Å². The topological polar surface area (TPSA) is 49.3 Å². The van der Waals surface area contributed by atoms with Crippen molar-refractivity contribution in [3.63, 3.8) is 0 Å². The normalized spacial score (nSPS) is 15.8. The van der Waals surface area contributed by atoms with Gasteiger partial charge in [0.25, 0.3) is 0 Å². The molecule has 1 fully saturated rings. The molecule has 2 N–H and O–H groups in total. The maximum Gasteiger partial charge on any atom is 0.227 e. The zero-order chi connectivity index (χ0) is 17.6. The van der Waals surface area contributed by atoms with Gasteiger partial charge in [-0.1, -0.05) is 13.8 Å². The lowest BCUT2D eigenvalue weighted by molar-refractivity contribution is -0.120. The van der Waals surface area contributed by atoms with Crippen LogP contribution >= 0.6 is 0 Å². The summed E-state index contributed by atoms with van der Waals surface area (Å²) in [5, 5.41) is 7.58. The third-order valence-corrected chi connectivity index (χ3v) is 5.30. The van der Waals surface area contributed by atoms with E-state index < -0.39 is 0 Å². The monoisotopic (exact) mass is 342 g/mol. The summed E-state index contributed by atoms with van der Waals surface area (Å²) in [5.41, 5.74) is 2.13. The van der Waals surface area contributed by atoms with Gasteiger partial charge >= 0.3 is 0 Å². The van der Waals surface area contributed by atoms with Crippen LogP contribution in [0.5, 0.6) is 0 Å². The summed E-state index contributed by atoms with van der Waals surface area (Å²) >= 11 is 0. The Hall–Kier alpha value is -1.85. The Balaban J connectivity index is 1.65. The molecule has 0 saturated carbocycles. The molecule has 1 aliphatic heterocycles. The fourth-order valence-electron chi connectivity index (χ4n) is 3.59. The van der Waals surface area contributed by atoms with Gasteiger partial charge in [0.15, 0.2) is 0 Å². The second-order valence-corrected chi connectivity index (χ2v) is 6.82. The van der Waals surface area contributed by atoms with Crippen LogP contribution in [0.1, 0.15) is 26.7 Å². The van der Waals surface area contributed by atoms with Crippen molar-refractivity contribution in [3.05, 3.63) is 30.5 Å². The van der Waals surface area contributed by atoms with E-state index in [2.05, 4.69) is 58.3 Å². The fraction of sp³-hybridized carbons (Fsp3) is 0.550. The summed E-state index contributed by atoms with van der Waals surface area (Å²) in [5.74, 6) is 0.289. The zero-order valence-electron chi connectivity index (χ0n) is 15.4. The summed E-state index contributed by atoms with van der Waals surface area (Å²) in [7, 11) is 0. The van der Waals surface area contributed by atoms with Crippen LogP contribution in [0.15, 0.2) is 30.5 Å². The van der Waals surface area contributed by atoms with Gasteiger partial charge < -0.3 is 20.1 Å². The van der Waals surface area contributed by atoms with Crippen molar-refractivity contribution in [2.24, 2.45) is 5.92 Å². The average molecular weight is 342 g/mol. The summed E-state index contributed by atoms with van der Waals surface area (Å²) < 4.78 is 2.30. The highest BCUT2D eigenvalue weighted by atomic mass is 16.1. The number of hydrogen-bond donors (Lipinski definition) is 2. The molecule has 0 aliphatic carbocycles. The highest BCUT2D eigenvalue weighted by Crippen LogP contribution is 2.22. The number of carbonyl (C=O) groups excluding carboxylic acids is 1. The van der Waals surface area contributed by atoms with E-state index >= 15 is 0 Å². The number of benzene rings is 1. The Labute approximate surface area is 150 Å². The van der Waals surface area contributed by atoms with Gasteiger partial charge in [-0.05, 0) is 63.3 Å². The largest absolute Gasteiger partial charge is 0.346 e. The SMILES string of the molecule is CCN(CC)CCn1ccc2cc(NC(=O)C3CCNCC3)ccc21. The van der Waals surface area contributed by atoms with Crippen molar-refractivity contribution in [1.29, 1.82) is 0 Å². The Morgan fingerprint density at radius 2 is 2.00 bits per heavy atom. The lowest BCUT2D eigenvalue weighted by Crippen LogP contribution is -2.34. The van der Waals surface area contributed by atoms with E-state index in [4.69, 9.17) is 0 Å². The van der Waals surface area contributed by atoms with E-state index in [0.29, 0.717) is 0 Å². The Morgan fingerprint density at radius 3 is 2.72 bits per heavy atom. The molecule has 5 nitrogen and oxygen atoms in total. The number of anilines is 1. The number of piperidine rings is 1. The minimum Gasteiger partial charge on any atom is -0.346 e. The minimum absolute atomic E-state index is 0.135. The number of carbonyl (C=O) groups is 1. The molecule has 0 unspecified atom stereocenters. The first-order valence-corrected chi connectivity index (χ1v) is 9.54. The third kappa shape index (κ3) is 4.41. The molecule has 1 saturated heterocycles. The number of likely N-dealkylation sites (N-methyl/N-ethyl adjacent to an activating group) is 1. The van der Waals surface area contributed by atoms with Gasteiger partial charge in [-0.25, -0.2) is 0 Å². The molecule has 0 radical (unpaired) electrons. The molecule has 0 bridgehead atoms. The summed E-state index contributed by atoms with van der Waals surface area (Å²) in [6, 6.07) is 8.37. The molecular weight excluding hydrogens is 312 g/mol. The van der Waals surface area contributed by atoms with Gasteiger partial charge in [0.2, 0.25) is 5.91 Å². The quantitative estimate of drug-likeness (QED) is 0.813. The van der Waals surface area contributed by atoms with Crippen molar-refractivity contribution in [3.8, 4) is 0 Å². The number of amides is 1. The molecule has 2 heterocycles. The highest BCUT2D eigenvalue weighted by Gasteiger charge is 2.20. The van der Waals surface area contributed by atoms with Gasteiger partial charge in [-0.2, -0.15) is 0 Å². The molecule has 136 valence electrons. The van der Waals surface area contributed by atoms with Crippen molar-refractivity contribution < 1.29 is 4.79 Å². The van der Waals surface area contributed by atoms with Crippen LogP contribution in [-0.4, -0.2) is 48.1 Å². The smallest absolute Gasteiger partial charge is 0.227 e. The molecule has 1 aromatic carbocycles. The van der Waals surface area contributed by atoms with Crippen LogP contribution in [0.3, 0.4) is 0 Å². The van der Waals surface area contributed by atoms with Crippen molar-refractivity contribution in [2.75, 3.05) is 38.0 Å². The van der Waals surface area contributed by atoms with Gasteiger partial charge in [0, 0.05) is 41.8 Å². The Bertz CT molecular complexity index is 699. The molecule has 0 atom stereocenters. The standard InChI is InChI=1S/C20H30N4O/c1-3-23(4-2)13-14-24-12-9-17-15-18(5-6-19(17)24)22-20(25)16-7-10-21-11-8-16/h5-6,9,12,15-16,21H,3-4,7-8,10-11,13-14H2,1-2H3,(H,22,25). The maximum absolute atomic E-state index is 12.4. The lowest BCUT2D eigenvalue weighted by atomic mass is 9.97. The van der Waals surface area contributed by atoms with E-state index in [1.165, 1.54) is 10.9 Å². The number of rotatable bonds is 7. The Morgan fingerprint density at radius 1 is 1.24 bits per heavy atom. The van der Waals surface area contributed by atoms with Crippen molar-refractivity contribution >= 4 is 22.5 Å². The average Bonchev–Trinajstić information content (AvgIpc) is 3.05. The first-order chi connectivity index (χ1) is 12.2. The van der Waals surface area contributed by atoms with E-state index in [9.17, 15) is 4.79 Å². The third-order valence-electron chi connectivity index (χ3n) is 5.30. The van der Waals surface area contributed by atoms with Crippen LogP contribution in [0, 0.1) is 5.92 Å². The van der Waals surface area contributed by atoms with E-state index in [-0.39, 0.29) is 11.8 Å². The summed E-state index contributed by atoms with van der Waals surface area (Å²) in [6.45, 7) is 10.5. The van der Waals surface area contributed by atoms with Crippen LogP contribution in [0.2, 0.25) is 0 Å². The molecule has 25 heavy (non-hydrogen) atoms. The molecule has 1 aliphatic rings. The van der Waals surface area contributed by atoms with Crippen LogP contribution in [-0.2, 0) is 11.3 Å².